The van der Waals surface area contributed by atoms with Crippen LogP contribution < -0.4 is 5.32 Å². The standard InChI is InChI=1S/C11H20N4O/c1-14-3-4-16-11(8-14)7-12-5-10-6-13-9-15(10)2/h6,9,11-12H,3-5,7-8H2,1-2H3. The van der Waals surface area contributed by atoms with E-state index in [-0.39, 0.29) is 0 Å². The number of hydrogen-bond donors (Lipinski definition) is 1. The zero-order valence-electron chi connectivity index (χ0n) is 10.0. The summed E-state index contributed by atoms with van der Waals surface area (Å²) in [6, 6.07) is 0. The van der Waals surface area contributed by atoms with Crippen molar-refractivity contribution in [1.82, 2.24) is 19.8 Å². The molecule has 0 radical (unpaired) electrons. The third kappa shape index (κ3) is 3.04. The first-order valence-corrected chi connectivity index (χ1v) is 5.72. The van der Waals surface area contributed by atoms with Gasteiger partial charge in [-0.05, 0) is 7.05 Å². The highest BCUT2D eigenvalue weighted by Crippen LogP contribution is 2.02. The number of hydrogen-bond acceptors (Lipinski definition) is 4. The van der Waals surface area contributed by atoms with Crippen molar-refractivity contribution in [2.24, 2.45) is 7.05 Å². The number of likely N-dealkylation sites (N-methyl/N-ethyl adjacent to an activating group) is 1. The van der Waals surface area contributed by atoms with Crippen molar-refractivity contribution < 1.29 is 4.74 Å². The number of rotatable bonds is 4. The third-order valence-corrected chi connectivity index (χ3v) is 2.94. The number of nitrogens with zero attached hydrogens (tertiary/aromatic N) is 3. The highest BCUT2D eigenvalue weighted by molar-refractivity contribution is 4.96. The molecule has 0 bridgehead atoms. The van der Waals surface area contributed by atoms with Gasteiger partial charge in [-0.25, -0.2) is 4.98 Å². The van der Waals surface area contributed by atoms with Crippen molar-refractivity contribution >= 4 is 0 Å². The Hall–Kier alpha value is -0.910. The van der Waals surface area contributed by atoms with Gasteiger partial charge in [0.1, 0.15) is 0 Å². The maximum absolute atomic E-state index is 5.67. The third-order valence-electron chi connectivity index (χ3n) is 2.94. The summed E-state index contributed by atoms with van der Waals surface area (Å²) in [7, 11) is 4.14. The molecule has 5 heteroatoms. The Morgan fingerprint density at radius 2 is 2.44 bits per heavy atom. The van der Waals surface area contributed by atoms with E-state index in [1.807, 2.05) is 24.1 Å². The second-order valence-corrected chi connectivity index (χ2v) is 4.38. The summed E-state index contributed by atoms with van der Waals surface area (Å²) in [5.41, 5.74) is 1.20. The van der Waals surface area contributed by atoms with E-state index in [9.17, 15) is 0 Å². The molecule has 90 valence electrons. The highest BCUT2D eigenvalue weighted by atomic mass is 16.5. The van der Waals surface area contributed by atoms with Crippen LogP contribution in [0.25, 0.3) is 0 Å². The van der Waals surface area contributed by atoms with Crippen molar-refractivity contribution in [2.45, 2.75) is 12.6 Å². The first-order valence-electron chi connectivity index (χ1n) is 5.72. The maximum atomic E-state index is 5.67. The van der Waals surface area contributed by atoms with Crippen LogP contribution in [0.4, 0.5) is 0 Å². The molecule has 2 heterocycles. The van der Waals surface area contributed by atoms with E-state index in [1.165, 1.54) is 5.69 Å². The SMILES string of the molecule is CN1CCOC(CNCc2cncn2C)C1. The summed E-state index contributed by atoms with van der Waals surface area (Å²) >= 11 is 0. The average molecular weight is 224 g/mol. The first kappa shape index (κ1) is 11.6. The lowest BCUT2D eigenvalue weighted by atomic mass is 10.3. The van der Waals surface area contributed by atoms with Crippen molar-refractivity contribution in [3.63, 3.8) is 0 Å². The van der Waals surface area contributed by atoms with Gasteiger partial charge in [0.15, 0.2) is 0 Å². The molecule has 1 fully saturated rings. The monoisotopic (exact) mass is 224 g/mol. The van der Waals surface area contributed by atoms with Crippen LogP contribution in [0.5, 0.6) is 0 Å². The Morgan fingerprint density at radius 3 is 3.12 bits per heavy atom. The lowest BCUT2D eigenvalue weighted by Gasteiger charge is -2.30. The quantitative estimate of drug-likeness (QED) is 0.772. The minimum atomic E-state index is 0.312. The van der Waals surface area contributed by atoms with Gasteiger partial charge in [-0.3, -0.25) is 0 Å². The van der Waals surface area contributed by atoms with Crippen LogP contribution in [0.15, 0.2) is 12.5 Å². The van der Waals surface area contributed by atoms with Crippen molar-refractivity contribution in [1.29, 1.82) is 0 Å². The van der Waals surface area contributed by atoms with E-state index in [0.717, 1.165) is 32.8 Å². The van der Waals surface area contributed by atoms with Crippen LogP contribution in [0.3, 0.4) is 0 Å². The van der Waals surface area contributed by atoms with Crippen LogP contribution in [0.2, 0.25) is 0 Å². The minimum absolute atomic E-state index is 0.312. The van der Waals surface area contributed by atoms with Crippen LogP contribution in [0, 0.1) is 0 Å². The summed E-state index contributed by atoms with van der Waals surface area (Å²) in [5.74, 6) is 0. The number of ether oxygens (including phenoxy) is 1. The zero-order chi connectivity index (χ0) is 11.4. The van der Waals surface area contributed by atoms with Crippen molar-refractivity contribution in [2.75, 3.05) is 33.3 Å². The smallest absolute Gasteiger partial charge is 0.0945 e. The topological polar surface area (TPSA) is 42.3 Å². The number of aromatic nitrogens is 2. The Labute approximate surface area is 96.4 Å². The Kier molecular flexibility index (Phi) is 3.93. The Bertz CT molecular complexity index is 326. The number of aryl methyl sites for hydroxylation is 1. The van der Waals surface area contributed by atoms with Crippen molar-refractivity contribution in [3.05, 3.63) is 18.2 Å². The molecule has 16 heavy (non-hydrogen) atoms. The molecule has 1 aliphatic heterocycles. The van der Waals surface area contributed by atoms with Gasteiger partial charge in [0.2, 0.25) is 0 Å². The van der Waals surface area contributed by atoms with Crippen molar-refractivity contribution in [3.8, 4) is 0 Å². The van der Waals surface area contributed by atoms with Gasteiger partial charge in [0, 0.05) is 39.4 Å². The second-order valence-electron chi connectivity index (χ2n) is 4.38. The molecule has 1 saturated heterocycles. The van der Waals surface area contributed by atoms with E-state index in [1.54, 1.807) is 0 Å². The molecule has 0 spiro atoms. The van der Waals surface area contributed by atoms with Gasteiger partial charge in [-0.1, -0.05) is 0 Å². The number of nitrogens with one attached hydrogen (secondary N) is 1. The molecule has 1 aromatic heterocycles. The zero-order valence-corrected chi connectivity index (χ0v) is 10.0. The van der Waals surface area contributed by atoms with Gasteiger partial charge < -0.3 is 19.5 Å². The molecular weight excluding hydrogens is 204 g/mol. The fourth-order valence-corrected chi connectivity index (χ4v) is 1.91. The maximum Gasteiger partial charge on any atom is 0.0945 e. The van der Waals surface area contributed by atoms with Crippen LogP contribution >= 0.6 is 0 Å². The predicted octanol–water partition coefficient (Wildman–Crippen LogP) is -0.160. The Balaban J connectivity index is 1.70. The first-order chi connectivity index (χ1) is 7.75. The number of morpholine rings is 1. The molecular formula is C11H20N4O. The van der Waals surface area contributed by atoms with Gasteiger partial charge in [0.05, 0.1) is 24.7 Å². The van der Waals surface area contributed by atoms with Gasteiger partial charge in [0.25, 0.3) is 0 Å². The van der Waals surface area contributed by atoms with E-state index in [2.05, 4.69) is 22.2 Å². The summed E-state index contributed by atoms with van der Waals surface area (Å²) in [6.45, 7) is 4.64. The molecule has 0 aliphatic carbocycles. The van der Waals surface area contributed by atoms with Gasteiger partial charge in [-0.2, -0.15) is 0 Å². The summed E-state index contributed by atoms with van der Waals surface area (Å²) in [6.07, 6.45) is 4.02. The summed E-state index contributed by atoms with van der Waals surface area (Å²) in [5, 5.41) is 3.41. The molecule has 1 aromatic rings. The highest BCUT2D eigenvalue weighted by Gasteiger charge is 2.16. The average Bonchev–Trinajstić information content (AvgIpc) is 2.65. The predicted molar refractivity (Wildman–Crippen MR) is 62.2 cm³/mol. The van der Waals surface area contributed by atoms with Crippen LogP contribution in [-0.4, -0.2) is 53.8 Å². The van der Waals surface area contributed by atoms with Gasteiger partial charge in [-0.15, -0.1) is 0 Å². The molecule has 1 atom stereocenters. The van der Waals surface area contributed by atoms with E-state index < -0.39 is 0 Å². The van der Waals surface area contributed by atoms with Gasteiger partial charge >= 0.3 is 0 Å². The minimum Gasteiger partial charge on any atom is -0.374 e. The molecule has 5 nitrogen and oxygen atoms in total. The van der Waals surface area contributed by atoms with Crippen LogP contribution in [-0.2, 0) is 18.3 Å². The van der Waals surface area contributed by atoms with Crippen LogP contribution in [0.1, 0.15) is 5.69 Å². The summed E-state index contributed by atoms with van der Waals surface area (Å²) < 4.78 is 7.70. The molecule has 1 N–H and O–H groups in total. The number of imidazole rings is 1. The molecule has 0 aromatic carbocycles. The molecule has 1 aliphatic rings. The lowest BCUT2D eigenvalue weighted by Crippen LogP contribution is -2.44. The fourth-order valence-electron chi connectivity index (χ4n) is 1.91. The van der Waals surface area contributed by atoms with E-state index in [0.29, 0.717) is 6.10 Å². The molecule has 0 saturated carbocycles. The normalized spacial score (nSPS) is 22.5. The lowest BCUT2D eigenvalue weighted by molar-refractivity contribution is -0.0182. The second kappa shape index (κ2) is 5.43. The fraction of sp³-hybridized carbons (Fsp3) is 0.727. The van der Waals surface area contributed by atoms with E-state index >= 15 is 0 Å². The molecule has 0 amide bonds. The molecule has 2 rings (SSSR count). The largest absolute Gasteiger partial charge is 0.374 e. The Morgan fingerprint density at radius 1 is 1.56 bits per heavy atom. The molecule has 1 unspecified atom stereocenters. The van der Waals surface area contributed by atoms with E-state index in [4.69, 9.17) is 4.74 Å². The summed E-state index contributed by atoms with van der Waals surface area (Å²) in [4.78, 5) is 6.39.